The van der Waals surface area contributed by atoms with E-state index in [9.17, 15) is 4.79 Å². The standard InChI is InChI=1S/C20H16ClN5O2/c1-28-15-8-2-12(3-9-15)16-10-11-23-20-17(18(22)27)19(25-26(16)20)24-14-6-4-13(21)5-7-14/h2-11H,1H3,(H2,22,27)(H,24,25). The summed E-state index contributed by atoms with van der Waals surface area (Å²) in [5.41, 5.74) is 8.59. The molecule has 0 radical (unpaired) electrons. The third-order valence-electron chi connectivity index (χ3n) is 4.26. The summed E-state index contributed by atoms with van der Waals surface area (Å²) < 4.78 is 6.80. The number of carbonyl (C=O) groups excluding carboxylic acids is 1. The first-order valence-electron chi connectivity index (χ1n) is 8.41. The molecule has 3 N–H and O–H groups in total. The monoisotopic (exact) mass is 393 g/mol. The molecule has 0 fully saturated rings. The lowest BCUT2D eigenvalue weighted by molar-refractivity contribution is 0.100. The van der Waals surface area contributed by atoms with Crippen molar-refractivity contribution in [1.82, 2.24) is 14.6 Å². The first-order valence-corrected chi connectivity index (χ1v) is 8.79. The van der Waals surface area contributed by atoms with E-state index in [0.29, 0.717) is 16.5 Å². The van der Waals surface area contributed by atoms with E-state index in [4.69, 9.17) is 22.1 Å². The predicted molar refractivity (Wildman–Crippen MR) is 108 cm³/mol. The number of hydrogen-bond acceptors (Lipinski definition) is 5. The number of carbonyl (C=O) groups is 1. The number of methoxy groups -OCH3 is 1. The number of benzene rings is 2. The minimum Gasteiger partial charge on any atom is -0.497 e. The predicted octanol–water partition coefficient (Wildman–Crippen LogP) is 3.90. The van der Waals surface area contributed by atoms with E-state index in [1.54, 1.807) is 42.1 Å². The summed E-state index contributed by atoms with van der Waals surface area (Å²) in [6, 6.07) is 16.4. The normalized spacial score (nSPS) is 10.8. The van der Waals surface area contributed by atoms with Crippen LogP contribution >= 0.6 is 11.6 Å². The van der Waals surface area contributed by atoms with Crippen molar-refractivity contribution in [3.05, 3.63) is 71.4 Å². The van der Waals surface area contributed by atoms with Crippen LogP contribution in [0.2, 0.25) is 5.02 Å². The Labute approximate surface area is 165 Å². The number of halogens is 1. The Hall–Kier alpha value is -3.58. The number of nitrogens with zero attached hydrogens (tertiary/aromatic N) is 3. The van der Waals surface area contributed by atoms with Crippen molar-refractivity contribution in [2.45, 2.75) is 0 Å². The molecule has 4 aromatic rings. The van der Waals surface area contributed by atoms with Crippen LogP contribution in [-0.2, 0) is 0 Å². The summed E-state index contributed by atoms with van der Waals surface area (Å²) >= 11 is 5.93. The van der Waals surface area contributed by atoms with Gasteiger partial charge in [0.1, 0.15) is 11.3 Å². The van der Waals surface area contributed by atoms with E-state index in [-0.39, 0.29) is 5.56 Å². The van der Waals surface area contributed by atoms with Gasteiger partial charge in [-0.2, -0.15) is 0 Å². The number of amides is 1. The molecule has 0 saturated carbocycles. The number of nitrogens with one attached hydrogen (secondary N) is 1. The minimum absolute atomic E-state index is 0.213. The Morgan fingerprint density at radius 1 is 1.11 bits per heavy atom. The van der Waals surface area contributed by atoms with Gasteiger partial charge in [-0.1, -0.05) is 11.6 Å². The molecule has 0 saturated heterocycles. The number of rotatable bonds is 5. The van der Waals surface area contributed by atoms with Crippen LogP contribution in [0.5, 0.6) is 5.75 Å². The van der Waals surface area contributed by atoms with Crippen molar-refractivity contribution in [1.29, 1.82) is 0 Å². The number of ether oxygens (including phenoxy) is 1. The first kappa shape index (κ1) is 17.8. The zero-order chi connectivity index (χ0) is 19.7. The van der Waals surface area contributed by atoms with Crippen LogP contribution in [0.1, 0.15) is 10.4 Å². The summed E-state index contributed by atoms with van der Waals surface area (Å²) in [5.74, 6) is 0.451. The quantitative estimate of drug-likeness (QED) is 0.536. The minimum atomic E-state index is -0.620. The third kappa shape index (κ3) is 3.23. The van der Waals surface area contributed by atoms with Gasteiger partial charge in [-0.25, -0.2) is 9.50 Å². The highest BCUT2D eigenvalue weighted by Crippen LogP contribution is 2.28. The van der Waals surface area contributed by atoms with Gasteiger partial charge in [0.25, 0.3) is 5.91 Å². The molecule has 2 aromatic heterocycles. The van der Waals surface area contributed by atoms with Gasteiger partial charge < -0.3 is 15.8 Å². The van der Waals surface area contributed by atoms with Crippen LogP contribution in [-0.4, -0.2) is 27.6 Å². The number of hydrogen-bond donors (Lipinski definition) is 2. The number of anilines is 2. The van der Waals surface area contributed by atoms with Crippen molar-refractivity contribution in [3.8, 4) is 17.0 Å². The molecule has 8 heteroatoms. The van der Waals surface area contributed by atoms with Gasteiger partial charge >= 0.3 is 0 Å². The van der Waals surface area contributed by atoms with Gasteiger partial charge in [-0.05, 0) is 54.6 Å². The zero-order valence-electron chi connectivity index (χ0n) is 14.9. The van der Waals surface area contributed by atoms with E-state index in [2.05, 4.69) is 15.4 Å². The molecule has 0 unspecified atom stereocenters. The Balaban J connectivity index is 1.85. The van der Waals surface area contributed by atoms with Gasteiger partial charge in [0.05, 0.1) is 12.8 Å². The number of aromatic nitrogens is 3. The molecular formula is C20H16ClN5O2. The summed E-state index contributed by atoms with van der Waals surface area (Å²) in [6.07, 6.45) is 1.62. The highest BCUT2D eigenvalue weighted by atomic mass is 35.5. The average Bonchev–Trinajstić information content (AvgIpc) is 3.08. The second-order valence-corrected chi connectivity index (χ2v) is 6.45. The summed E-state index contributed by atoms with van der Waals surface area (Å²) in [6.45, 7) is 0. The molecular weight excluding hydrogens is 378 g/mol. The smallest absolute Gasteiger partial charge is 0.256 e. The van der Waals surface area contributed by atoms with Crippen LogP contribution in [0.4, 0.5) is 11.5 Å². The molecule has 1 amide bonds. The summed E-state index contributed by atoms with van der Waals surface area (Å²) in [5, 5.41) is 8.27. The topological polar surface area (TPSA) is 94.5 Å². The SMILES string of the molecule is COc1ccc(-c2ccnc3c(C(N)=O)c(Nc4ccc(Cl)cc4)nn23)cc1. The lowest BCUT2D eigenvalue weighted by atomic mass is 10.1. The fourth-order valence-corrected chi connectivity index (χ4v) is 3.04. The largest absolute Gasteiger partial charge is 0.497 e. The zero-order valence-corrected chi connectivity index (χ0v) is 15.6. The maximum atomic E-state index is 12.1. The Kier molecular flexibility index (Phi) is 4.58. The van der Waals surface area contributed by atoms with E-state index >= 15 is 0 Å². The van der Waals surface area contributed by atoms with Crippen molar-refractivity contribution in [3.63, 3.8) is 0 Å². The van der Waals surface area contributed by atoms with Crippen LogP contribution < -0.4 is 15.8 Å². The molecule has 0 atom stereocenters. The molecule has 0 aliphatic carbocycles. The second-order valence-electron chi connectivity index (χ2n) is 6.01. The Bertz CT molecular complexity index is 1150. The summed E-state index contributed by atoms with van der Waals surface area (Å²) in [4.78, 5) is 16.4. The molecule has 7 nitrogen and oxygen atoms in total. The molecule has 0 bridgehead atoms. The van der Waals surface area contributed by atoms with Crippen molar-refractivity contribution < 1.29 is 9.53 Å². The Morgan fingerprint density at radius 2 is 1.82 bits per heavy atom. The van der Waals surface area contributed by atoms with Gasteiger partial charge in [-0.3, -0.25) is 4.79 Å². The van der Waals surface area contributed by atoms with Crippen LogP contribution in [0.3, 0.4) is 0 Å². The van der Waals surface area contributed by atoms with E-state index in [0.717, 1.165) is 22.7 Å². The van der Waals surface area contributed by atoms with Crippen molar-refractivity contribution in [2.75, 3.05) is 12.4 Å². The van der Waals surface area contributed by atoms with E-state index in [1.165, 1.54) is 0 Å². The number of primary amides is 1. The van der Waals surface area contributed by atoms with Crippen molar-refractivity contribution in [2.24, 2.45) is 5.73 Å². The molecule has 2 aromatic carbocycles. The summed E-state index contributed by atoms with van der Waals surface area (Å²) in [7, 11) is 1.61. The van der Waals surface area contributed by atoms with Gasteiger partial charge in [-0.15, -0.1) is 5.10 Å². The lowest BCUT2D eigenvalue weighted by Crippen LogP contribution is -2.13. The maximum Gasteiger partial charge on any atom is 0.256 e. The second kappa shape index (κ2) is 7.21. The maximum absolute atomic E-state index is 12.1. The van der Waals surface area contributed by atoms with Crippen LogP contribution in [0, 0.1) is 0 Å². The Morgan fingerprint density at radius 3 is 2.46 bits per heavy atom. The lowest BCUT2D eigenvalue weighted by Gasteiger charge is -2.06. The van der Waals surface area contributed by atoms with E-state index in [1.807, 2.05) is 30.3 Å². The molecule has 2 heterocycles. The fourth-order valence-electron chi connectivity index (χ4n) is 2.91. The van der Waals surface area contributed by atoms with E-state index < -0.39 is 5.91 Å². The van der Waals surface area contributed by atoms with Gasteiger partial charge in [0.15, 0.2) is 11.5 Å². The highest BCUT2D eigenvalue weighted by molar-refractivity contribution is 6.30. The third-order valence-corrected chi connectivity index (χ3v) is 4.51. The molecule has 4 rings (SSSR count). The molecule has 0 spiro atoms. The number of nitrogens with two attached hydrogens (primary N) is 1. The number of fused-ring (bicyclic) bond motifs is 1. The van der Waals surface area contributed by atoms with Crippen LogP contribution in [0.25, 0.3) is 16.9 Å². The average molecular weight is 394 g/mol. The van der Waals surface area contributed by atoms with Gasteiger partial charge in [0.2, 0.25) is 0 Å². The molecule has 0 aliphatic rings. The van der Waals surface area contributed by atoms with Crippen LogP contribution in [0.15, 0.2) is 60.8 Å². The molecule has 28 heavy (non-hydrogen) atoms. The van der Waals surface area contributed by atoms with Crippen molar-refractivity contribution >= 4 is 34.7 Å². The molecule has 0 aliphatic heterocycles. The first-order chi connectivity index (χ1) is 13.6. The van der Waals surface area contributed by atoms with Gasteiger partial charge in [0, 0.05) is 22.5 Å². The highest BCUT2D eigenvalue weighted by Gasteiger charge is 2.21. The fraction of sp³-hybridized carbons (Fsp3) is 0.0500. The molecule has 140 valence electrons.